The molecule has 1 fully saturated rings. The summed E-state index contributed by atoms with van der Waals surface area (Å²) in [5, 5.41) is 12.2. The van der Waals surface area contributed by atoms with E-state index < -0.39 is 24.1 Å². The monoisotopic (exact) mass is 450 g/mol. The molecule has 2 aliphatic rings. The molecule has 0 bridgehead atoms. The Balaban J connectivity index is 1.35. The number of hydrogen-bond acceptors (Lipinski definition) is 4. The van der Waals surface area contributed by atoms with Gasteiger partial charge in [-0.2, -0.15) is 0 Å². The summed E-state index contributed by atoms with van der Waals surface area (Å²) >= 11 is 0. The zero-order chi connectivity index (χ0) is 23.4. The highest BCUT2D eigenvalue weighted by atomic mass is 16.5. The number of carboxylic acids is 1. The molecule has 0 saturated carbocycles. The fourth-order valence-corrected chi connectivity index (χ4v) is 4.92. The van der Waals surface area contributed by atoms with Gasteiger partial charge < -0.3 is 20.1 Å². The van der Waals surface area contributed by atoms with E-state index in [2.05, 4.69) is 29.6 Å². The summed E-state index contributed by atoms with van der Waals surface area (Å²) in [5.41, 5.74) is 4.60. The molecule has 2 atom stereocenters. The van der Waals surface area contributed by atoms with Crippen LogP contribution in [0.15, 0.2) is 48.5 Å². The van der Waals surface area contributed by atoms with E-state index in [-0.39, 0.29) is 24.9 Å². The minimum atomic E-state index is -0.972. The highest BCUT2D eigenvalue weighted by molar-refractivity contribution is 5.84. The number of carbonyl (C=O) groups excluding carboxylic acids is 2. The van der Waals surface area contributed by atoms with Crippen LogP contribution in [0.4, 0.5) is 4.79 Å². The van der Waals surface area contributed by atoms with Crippen molar-refractivity contribution in [1.29, 1.82) is 0 Å². The van der Waals surface area contributed by atoms with Crippen LogP contribution in [0.2, 0.25) is 0 Å². The van der Waals surface area contributed by atoms with E-state index in [1.54, 1.807) is 0 Å². The Kier molecular flexibility index (Phi) is 6.96. The quantitative estimate of drug-likeness (QED) is 0.660. The number of fused-ring (bicyclic) bond motifs is 3. The van der Waals surface area contributed by atoms with Crippen molar-refractivity contribution in [2.75, 3.05) is 13.2 Å². The lowest BCUT2D eigenvalue weighted by Gasteiger charge is -2.34. The summed E-state index contributed by atoms with van der Waals surface area (Å²) in [6, 6.07) is 15.1. The van der Waals surface area contributed by atoms with Crippen molar-refractivity contribution in [3.8, 4) is 11.1 Å². The van der Waals surface area contributed by atoms with Crippen molar-refractivity contribution in [1.82, 2.24) is 10.2 Å². The summed E-state index contributed by atoms with van der Waals surface area (Å²) in [6.45, 7) is 2.53. The van der Waals surface area contributed by atoms with Gasteiger partial charge >= 0.3 is 12.1 Å². The first-order valence-corrected chi connectivity index (χ1v) is 11.6. The third-order valence-electron chi connectivity index (χ3n) is 6.69. The standard InChI is InChI=1S/C26H30N2O5/c1-2-17(15-24(29)28-14-8-7-13-23(28)25(30)31)27-26(32)33-16-22-20-11-5-3-9-18(20)19-10-4-6-12-21(19)22/h3-6,9-12,17,22-23H,2,7-8,13-16H2,1H3,(H,27,32)(H,30,31). The SMILES string of the molecule is CCC(CC(=O)N1CCCCC1C(=O)O)NC(=O)OCC1c2ccccc2-c2ccccc21. The number of nitrogens with zero attached hydrogens (tertiary/aromatic N) is 1. The van der Waals surface area contributed by atoms with Crippen molar-refractivity contribution in [2.24, 2.45) is 0 Å². The molecule has 0 radical (unpaired) electrons. The van der Waals surface area contributed by atoms with Crippen molar-refractivity contribution < 1.29 is 24.2 Å². The predicted molar refractivity (Wildman–Crippen MR) is 124 cm³/mol. The zero-order valence-corrected chi connectivity index (χ0v) is 18.8. The number of aliphatic carboxylic acids is 1. The van der Waals surface area contributed by atoms with Crippen molar-refractivity contribution in [2.45, 2.75) is 57.0 Å². The van der Waals surface area contributed by atoms with E-state index in [1.807, 2.05) is 31.2 Å². The van der Waals surface area contributed by atoms with Crippen LogP contribution in [0.1, 0.15) is 56.1 Å². The zero-order valence-electron chi connectivity index (χ0n) is 18.8. The summed E-state index contributed by atoms with van der Waals surface area (Å²) < 4.78 is 5.59. The number of likely N-dealkylation sites (tertiary alicyclic amines) is 1. The smallest absolute Gasteiger partial charge is 0.407 e. The van der Waals surface area contributed by atoms with Crippen LogP contribution in [-0.2, 0) is 14.3 Å². The first-order chi connectivity index (χ1) is 16.0. The highest BCUT2D eigenvalue weighted by Crippen LogP contribution is 2.44. The average molecular weight is 451 g/mol. The van der Waals surface area contributed by atoms with Gasteiger partial charge in [0.15, 0.2) is 0 Å². The Hall–Kier alpha value is -3.35. The Bertz CT molecular complexity index is 991. The largest absolute Gasteiger partial charge is 0.480 e. The number of benzene rings is 2. The molecular formula is C26H30N2O5. The van der Waals surface area contributed by atoms with E-state index in [9.17, 15) is 19.5 Å². The number of carbonyl (C=O) groups is 3. The number of hydrogen-bond donors (Lipinski definition) is 2. The maximum absolute atomic E-state index is 12.8. The summed E-state index contributed by atoms with van der Waals surface area (Å²) in [4.78, 5) is 38.3. The van der Waals surface area contributed by atoms with E-state index >= 15 is 0 Å². The number of nitrogens with one attached hydrogen (secondary N) is 1. The van der Waals surface area contributed by atoms with Gasteiger partial charge in [0.2, 0.25) is 5.91 Å². The maximum atomic E-state index is 12.8. The molecule has 1 saturated heterocycles. The topological polar surface area (TPSA) is 95.9 Å². The lowest BCUT2D eigenvalue weighted by atomic mass is 9.98. The second-order valence-corrected chi connectivity index (χ2v) is 8.72. The normalized spacial score (nSPS) is 18.2. The number of alkyl carbamates (subject to hydrolysis) is 1. The van der Waals surface area contributed by atoms with E-state index in [0.29, 0.717) is 19.4 Å². The van der Waals surface area contributed by atoms with E-state index in [4.69, 9.17) is 4.74 Å². The highest BCUT2D eigenvalue weighted by Gasteiger charge is 2.33. The van der Waals surface area contributed by atoms with Crippen LogP contribution >= 0.6 is 0 Å². The molecule has 7 nitrogen and oxygen atoms in total. The van der Waals surface area contributed by atoms with Crippen LogP contribution in [0.3, 0.4) is 0 Å². The predicted octanol–water partition coefficient (Wildman–Crippen LogP) is 4.16. The Labute approximate surface area is 193 Å². The Morgan fingerprint density at radius 1 is 1.06 bits per heavy atom. The van der Waals surface area contributed by atoms with Crippen molar-refractivity contribution in [3.63, 3.8) is 0 Å². The number of rotatable bonds is 7. The summed E-state index contributed by atoms with van der Waals surface area (Å²) in [7, 11) is 0. The first kappa shape index (κ1) is 22.8. The molecule has 1 heterocycles. The van der Waals surface area contributed by atoms with Gasteiger partial charge in [-0.3, -0.25) is 4.79 Å². The van der Waals surface area contributed by atoms with Gasteiger partial charge in [-0.1, -0.05) is 55.5 Å². The number of ether oxygens (including phenoxy) is 1. The molecule has 0 aromatic heterocycles. The van der Waals surface area contributed by atoms with Gasteiger partial charge in [0.1, 0.15) is 12.6 Å². The van der Waals surface area contributed by atoms with Crippen LogP contribution in [0.25, 0.3) is 11.1 Å². The Morgan fingerprint density at radius 3 is 2.30 bits per heavy atom. The molecule has 2 aromatic rings. The van der Waals surface area contributed by atoms with Crippen LogP contribution in [0.5, 0.6) is 0 Å². The number of carboxylic acid groups (broad SMARTS) is 1. The number of piperidine rings is 1. The fourth-order valence-electron chi connectivity index (χ4n) is 4.92. The van der Waals surface area contributed by atoms with Gasteiger partial charge in [0.05, 0.1) is 0 Å². The fraction of sp³-hybridized carbons (Fsp3) is 0.423. The second-order valence-electron chi connectivity index (χ2n) is 8.72. The molecule has 7 heteroatoms. The van der Waals surface area contributed by atoms with Crippen LogP contribution in [0, 0.1) is 0 Å². The summed E-state index contributed by atoms with van der Waals surface area (Å²) in [5.74, 6) is -1.25. The summed E-state index contributed by atoms with van der Waals surface area (Å²) in [6.07, 6.45) is 2.11. The van der Waals surface area contributed by atoms with E-state index in [1.165, 1.54) is 4.90 Å². The average Bonchev–Trinajstić information content (AvgIpc) is 3.16. The minimum absolute atomic E-state index is 0.0328. The molecule has 33 heavy (non-hydrogen) atoms. The second kappa shape index (κ2) is 10.1. The van der Waals surface area contributed by atoms with Crippen LogP contribution in [-0.4, -0.2) is 53.2 Å². The molecule has 2 aromatic carbocycles. The van der Waals surface area contributed by atoms with Gasteiger partial charge in [-0.15, -0.1) is 0 Å². The lowest BCUT2D eigenvalue weighted by Crippen LogP contribution is -2.50. The van der Waals surface area contributed by atoms with E-state index in [0.717, 1.165) is 35.1 Å². The Morgan fingerprint density at radius 2 is 1.70 bits per heavy atom. The lowest BCUT2D eigenvalue weighted by molar-refractivity contribution is -0.152. The molecule has 0 spiro atoms. The molecular weight excluding hydrogens is 420 g/mol. The van der Waals surface area contributed by atoms with Gasteiger partial charge in [-0.05, 0) is 47.9 Å². The molecule has 2 unspecified atom stereocenters. The third-order valence-corrected chi connectivity index (χ3v) is 6.69. The first-order valence-electron chi connectivity index (χ1n) is 11.6. The third kappa shape index (κ3) is 4.87. The molecule has 4 rings (SSSR count). The molecule has 174 valence electrons. The number of amides is 2. The molecule has 1 aliphatic heterocycles. The van der Waals surface area contributed by atoms with Crippen LogP contribution < -0.4 is 5.32 Å². The maximum Gasteiger partial charge on any atom is 0.407 e. The van der Waals surface area contributed by atoms with Gasteiger partial charge in [0.25, 0.3) is 0 Å². The van der Waals surface area contributed by atoms with Crippen molar-refractivity contribution in [3.05, 3.63) is 59.7 Å². The molecule has 2 amide bonds. The minimum Gasteiger partial charge on any atom is -0.480 e. The molecule has 1 aliphatic carbocycles. The van der Waals surface area contributed by atoms with Gasteiger partial charge in [0, 0.05) is 24.9 Å². The van der Waals surface area contributed by atoms with Crippen molar-refractivity contribution >= 4 is 18.0 Å². The van der Waals surface area contributed by atoms with Gasteiger partial charge in [-0.25, -0.2) is 9.59 Å². The molecule has 2 N–H and O–H groups in total.